The minimum Gasteiger partial charge on any atom is -0.458 e. The summed E-state index contributed by atoms with van der Waals surface area (Å²) in [6, 6.07) is 10.6. The molecule has 1 aromatic carbocycles. The molecule has 5 atom stereocenters. The Morgan fingerprint density at radius 1 is 1.00 bits per heavy atom. The number of nitrogens with zero attached hydrogens (tertiary/aromatic N) is 1. The van der Waals surface area contributed by atoms with Crippen LogP contribution in [-0.2, 0) is 28.6 Å². The summed E-state index contributed by atoms with van der Waals surface area (Å²) in [5.41, 5.74) is -0.704. The molecule has 0 unspecified atom stereocenters. The predicted octanol–water partition coefficient (Wildman–Crippen LogP) is 3.79. The van der Waals surface area contributed by atoms with E-state index in [2.05, 4.69) is 25.2 Å². The van der Waals surface area contributed by atoms with E-state index in [1.54, 1.807) is 20.8 Å². The topological polar surface area (TPSA) is 91.4 Å². The van der Waals surface area contributed by atoms with E-state index in [-0.39, 0.29) is 12.0 Å². The van der Waals surface area contributed by atoms with Crippen molar-refractivity contribution in [3.05, 3.63) is 30.3 Å². The van der Waals surface area contributed by atoms with Gasteiger partial charge in [-0.25, -0.2) is 4.79 Å². The Labute approximate surface area is 202 Å². The van der Waals surface area contributed by atoms with E-state index < -0.39 is 50.0 Å². The van der Waals surface area contributed by atoms with Crippen molar-refractivity contribution in [1.82, 2.24) is 5.06 Å². The maximum Gasteiger partial charge on any atom is 0.434 e. The van der Waals surface area contributed by atoms with Crippen LogP contribution in [0.15, 0.2) is 30.3 Å². The molecule has 0 aromatic heterocycles. The molecule has 0 N–H and O–H groups in total. The summed E-state index contributed by atoms with van der Waals surface area (Å²) >= 11 is 0. The molecule has 0 radical (unpaired) electrons. The van der Waals surface area contributed by atoms with E-state index in [1.165, 1.54) is 24.1 Å². The normalized spacial score (nSPS) is 27.0. The lowest BCUT2D eigenvalue weighted by atomic mass is 9.92. The number of amides is 1. The third kappa shape index (κ3) is 6.18. The third-order valence-electron chi connectivity index (χ3n) is 6.38. The second kappa shape index (κ2) is 10.1. The fourth-order valence-corrected chi connectivity index (χ4v) is 8.04. The summed E-state index contributed by atoms with van der Waals surface area (Å²) in [5.74, 6) is -1.25. The van der Waals surface area contributed by atoms with Gasteiger partial charge < -0.3 is 14.2 Å². The van der Waals surface area contributed by atoms with Crippen LogP contribution in [0.5, 0.6) is 0 Å². The van der Waals surface area contributed by atoms with Crippen molar-refractivity contribution in [2.24, 2.45) is 5.92 Å². The fourth-order valence-electron chi connectivity index (χ4n) is 5.03. The highest BCUT2D eigenvalue weighted by Gasteiger charge is 2.55. The summed E-state index contributed by atoms with van der Waals surface area (Å²) in [5, 5.41) is 2.56. The Balaban J connectivity index is 2.05. The maximum atomic E-state index is 13.2. The first kappa shape index (κ1) is 26.2. The van der Waals surface area contributed by atoms with Crippen molar-refractivity contribution in [2.45, 2.75) is 96.6 Å². The van der Waals surface area contributed by atoms with Crippen molar-refractivity contribution >= 4 is 31.3 Å². The highest BCUT2D eigenvalue weighted by Crippen LogP contribution is 2.42. The van der Waals surface area contributed by atoms with Crippen LogP contribution in [0.4, 0.5) is 4.79 Å². The number of hydroxylamine groups is 2. The zero-order valence-corrected chi connectivity index (χ0v) is 22.2. The highest BCUT2D eigenvalue weighted by molar-refractivity contribution is 6.89. The molecule has 1 aliphatic carbocycles. The van der Waals surface area contributed by atoms with Crippen LogP contribution in [0.1, 0.15) is 47.5 Å². The van der Waals surface area contributed by atoms with Gasteiger partial charge in [-0.2, -0.15) is 5.06 Å². The van der Waals surface area contributed by atoms with Gasteiger partial charge in [-0.3, -0.25) is 14.4 Å². The molecule has 2 saturated heterocycles. The lowest BCUT2D eigenvalue weighted by molar-refractivity contribution is -0.243. The van der Waals surface area contributed by atoms with Crippen molar-refractivity contribution in [3.8, 4) is 0 Å². The molecule has 2 bridgehead atoms. The Morgan fingerprint density at radius 2 is 1.59 bits per heavy atom. The van der Waals surface area contributed by atoms with Gasteiger partial charge in [0.05, 0.1) is 14.1 Å². The van der Waals surface area contributed by atoms with Crippen molar-refractivity contribution < 1.29 is 33.4 Å². The van der Waals surface area contributed by atoms with Crippen LogP contribution in [0, 0.1) is 5.92 Å². The van der Waals surface area contributed by atoms with Crippen LogP contribution in [0.3, 0.4) is 0 Å². The van der Waals surface area contributed by atoms with Crippen LogP contribution in [-0.4, -0.2) is 61.1 Å². The largest absolute Gasteiger partial charge is 0.458 e. The molecule has 3 fully saturated rings. The molecule has 2 heterocycles. The molecule has 0 spiro atoms. The first-order chi connectivity index (χ1) is 15.8. The average Bonchev–Trinajstić information content (AvgIpc) is 2.91. The Morgan fingerprint density at radius 3 is 2.15 bits per heavy atom. The number of rotatable bonds is 5. The van der Waals surface area contributed by atoms with Gasteiger partial charge in [-0.1, -0.05) is 48.6 Å². The van der Waals surface area contributed by atoms with E-state index in [9.17, 15) is 14.4 Å². The Kier molecular flexibility index (Phi) is 7.77. The number of benzene rings is 1. The number of ether oxygens (including phenoxy) is 3. The molecule has 1 saturated carbocycles. The molecule has 1 amide bonds. The molecule has 4 rings (SSSR count). The smallest absolute Gasteiger partial charge is 0.434 e. The average molecular weight is 492 g/mol. The van der Waals surface area contributed by atoms with Gasteiger partial charge in [0.1, 0.15) is 17.8 Å². The number of esters is 2. The SMILES string of the molecule is CC(=O)O[C@H]1[C@H](C[Si](C)(C)c2ccccc2)[C@H]2CC[C@H](ON2C(=O)OC(C)(C)C)[C@H]1OC(C)=O. The van der Waals surface area contributed by atoms with Crippen LogP contribution in [0.25, 0.3) is 0 Å². The summed E-state index contributed by atoms with van der Waals surface area (Å²) in [6.45, 7) is 12.6. The number of hydrogen-bond acceptors (Lipinski definition) is 7. The molecule has 188 valence electrons. The van der Waals surface area contributed by atoms with E-state index in [1.807, 2.05) is 18.2 Å². The van der Waals surface area contributed by atoms with Gasteiger partial charge in [-0.15, -0.1) is 0 Å². The second-order valence-electron chi connectivity index (χ2n) is 10.9. The summed E-state index contributed by atoms with van der Waals surface area (Å²) < 4.78 is 17.2. The fraction of sp³-hybridized carbons (Fsp3) is 0.640. The van der Waals surface area contributed by atoms with Crippen molar-refractivity contribution in [1.29, 1.82) is 0 Å². The summed E-state index contributed by atoms with van der Waals surface area (Å²) in [6.07, 6.45) is -1.56. The molecule has 8 nitrogen and oxygen atoms in total. The van der Waals surface area contributed by atoms with E-state index >= 15 is 0 Å². The Bertz CT molecular complexity index is 898. The molecule has 2 aliphatic heterocycles. The van der Waals surface area contributed by atoms with E-state index in [4.69, 9.17) is 19.0 Å². The lowest BCUT2D eigenvalue weighted by Crippen LogP contribution is -2.53. The van der Waals surface area contributed by atoms with Crippen LogP contribution < -0.4 is 5.19 Å². The van der Waals surface area contributed by atoms with Crippen LogP contribution >= 0.6 is 0 Å². The van der Waals surface area contributed by atoms with Gasteiger partial charge in [-0.05, 0) is 39.7 Å². The first-order valence-corrected chi connectivity index (χ1v) is 15.1. The molecule has 1 aromatic rings. The Hall–Kier alpha value is -2.39. The number of hydrogen-bond donors (Lipinski definition) is 0. The van der Waals surface area contributed by atoms with Crippen molar-refractivity contribution in [3.63, 3.8) is 0 Å². The molecule has 9 heteroatoms. The third-order valence-corrected chi connectivity index (χ3v) is 9.77. The first-order valence-electron chi connectivity index (χ1n) is 11.9. The predicted molar refractivity (Wildman–Crippen MR) is 129 cm³/mol. The standard InChI is InChI=1S/C25H37NO7Si/c1-16(27)30-22-19(15-34(6,7)18-11-9-8-10-12-18)20-13-14-21(23(22)31-17(2)28)33-26(20)24(29)32-25(3,4)5/h8-12,19-23H,13-15H2,1-7H3/t19-,20-,21+,22+,23-/m1/s1. The zero-order valence-electron chi connectivity index (χ0n) is 21.2. The van der Waals surface area contributed by atoms with Gasteiger partial charge in [0.25, 0.3) is 0 Å². The lowest BCUT2D eigenvalue weighted by Gasteiger charge is -2.40. The minimum absolute atomic E-state index is 0.296. The molecule has 3 aliphatic rings. The molecular weight excluding hydrogens is 454 g/mol. The maximum absolute atomic E-state index is 13.2. The molecular formula is C25H37NO7Si. The summed E-state index contributed by atoms with van der Waals surface area (Å²) in [4.78, 5) is 43.5. The van der Waals surface area contributed by atoms with Gasteiger partial charge in [0.15, 0.2) is 6.10 Å². The van der Waals surface area contributed by atoms with Gasteiger partial charge >= 0.3 is 18.0 Å². The minimum atomic E-state index is -2.07. The number of fused-ring (bicyclic) bond motifs is 4. The second-order valence-corrected chi connectivity index (χ2v) is 15.6. The highest BCUT2D eigenvalue weighted by atomic mass is 28.3. The van der Waals surface area contributed by atoms with Gasteiger partial charge in [0, 0.05) is 19.8 Å². The van der Waals surface area contributed by atoms with Crippen molar-refractivity contribution in [2.75, 3.05) is 0 Å². The monoisotopic (exact) mass is 491 g/mol. The van der Waals surface area contributed by atoms with Crippen LogP contribution in [0.2, 0.25) is 19.1 Å². The molecule has 34 heavy (non-hydrogen) atoms. The number of carbonyl (C=O) groups excluding carboxylic acids is 3. The summed E-state index contributed by atoms with van der Waals surface area (Å²) in [7, 11) is -2.07. The zero-order chi connectivity index (χ0) is 25.3. The van der Waals surface area contributed by atoms with E-state index in [0.29, 0.717) is 18.9 Å². The van der Waals surface area contributed by atoms with E-state index in [0.717, 1.165) is 0 Å². The number of carbonyl (C=O) groups is 3. The van der Waals surface area contributed by atoms with Gasteiger partial charge in [0.2, 0.25) is 0 Å². The quantitative estimate of drug-likeness (QED) is 0.351.